The lowest BCUT2D eigenvalue weighted by Crippen LogP contribution is -2.35. The number of rotatable bonds is 3. The lowest BCUT2D eigenvalue weighted by atomic mass is 10.1. The molecule has 0 radical (unpaired) electrons. The van der Waals surface area contributed by atoms with E-state index in [0.717, 1.165) is 54.2 Å². The zero-order valence-electron chi connectivity index (χ0n) is 16.2. The molecular weight excluding hydrogens is 352 g/mol. The first-order valence-electron chi connectivity index (χ1n) is 9.69. The zero-order valence-corrected chi connectivity index (χ0v) is 16.2. The number of likely N-dealkylation sites (tertiary alicyclic amines) is 1. The van der Waals surface area contributed by atoms with Crippen molar-refractivity contribution >= 4 is 23.1 Å². The van der Waals surface area contributed by atoms with E-state index in [1.807, 2.05) is 58.8 Å². The summed E-state index contributed by atoms with van der Waals surface area (Å²) in [5.74, 6) is -0.0349. The van der Waals surface area contributed by atoms with E-state index in [9.17, 15) is 9.59 Å². The standard InChI is InChI=1S/C22H24N4O2/c1-15-21(17-7-6-8-19(13-17)24-16(2)27)26-14-18(9-10-20(26)23-15)22(28)25-11-4-3-5-12-25/h6-10,13-14H,3-5,11-12H2,1-2H3,(H,24,27). The molecule has 1 fully saturated rings. The van der Waals surface area contributed by atoms with Gasteiger partial charge in [-0.25, -0.2) is 4.98 Å². The van der Waals surface area contributed by atoms with Crippen molar-refractivity contribution in [3.8, 4) is 11.3 Å². The molecule has 144 valence electrons. The highest BCUT2D eigenvalue weighted by Gasteiger charge is 2.20. The summed E-state index contributed by atoms with van der Waals surface area (Å²) in [5.41, 5.74) is 4.95. The van der Waals surface area contributed by atoms with Gasteiger partial charge in [-0.1, -0.05) is 12.1 Å². The van der Waals surface area contributed by atoms with E-state index in [1.54, 1.807) is 0 Å². The number of hydrogen-bond donors (Lipinski definition) is 1. The number of anilines is 1. The molecule has 2 amide bonds. The van der Waals surface area contributed by atoms with Gasteiger partial charge >= 0.3 is 0 Å². The second kappa shape index (κ2) is 7.46. The van der Waals surface area contributed by atoms with Gasteiger partial charge in [0.15, 0.2) is 0 Å². The molecule has 1 N–H and O–H groups in total. The Hall–Kier alpha value is -3.15. The number of aryl methyl sites for hydroxylation is 1. The fraction of sp³-hybridized carbons (Fsp3) is 0.318. The Balaban J connectivity index is 1.75. The van der Waals surface area contributed by atoms with Crippen molar-refractivity contribution in [2.75, 3.05) is 18.4 Å². The van der Waals surface area contributed by atoms with Gasteiger partial charge in [-0.2, -0.15) is 0 Å². The predicted octanol–water partition coefficient (Wildman–Crippen LogP) is 3.89. The molecule has 3 aromatic rings. The van der Waals surface area contributed by atoms with Crippen molar-refractivity contribution in [2.24, 2.45) is 0 Å². The topological polar surface area (TPSA) is 66.7 Å². The fourth-order valence-electron chi connectivity index (χ4n) is 3.86. The average molecular weight is 376 g/mol. The smallest absolute Gasteiger partial charge is 0.255 e. The second-order valence-corrected chi connectivity index (χ2v) is 7.31. The van der Waals surface area contributed by atoms with E-state index in [-0.39, 0.29) is 11.8 Å². The minimum Gasteiger partial charge on any atom is -0.339 e. The van der Waals surface area contributed by atoms with Crippen molar-refractivity contribution < 1.29 is 9.59 Å². The number of imidazole rings is 1. The molecule has 0 saturated carbocycles. The van der Waals surface area contributed by atoms with E-state index in [4.69, 9.17) is 0 Å². The predicted molar refractivity (Wildman–Crippen MR) is 109 cm³/mol. The number of pyridine rings is 1. The largest absolute Gasteiger partial charge is 0.339 e. The number of fused-ring (bicyclic) bond motifs is 1. The molecule has 1 aliphatic rings. The first-order chi connectivity index (χ1) is 13.5. The molecule has 0 spiro atoms. The molecule has 0 atom stereocenters. The van der Waals surface area contributed by atoms with Gasteiger partial charge in [-0.05, 0) is 50.5 Å². The molecule has 6 nitrogen and oxygen atoms in total. The van der Waals surface area contributed by atoms with Crippen LogP contribution in [0.3, 0.4) is 0 Å². The molecule has 4 rings (SSSR count). The number of aromatic nitrogens is 2. The van der Waals surface area contributed by atoms with E-state index < -0.39 is 0 Å². The molecule has 28 heavy (non-hydrogen) atoms. The second-order valence-electron chi connectivity index (χ2n) is 7.31. The Kier molecular flexibility index (Phi) is 4.86. The summed E-state index contributed by atoms with van der Waals surface area (Å²) in [6, 6.07) is 11.4. The third-order valence-electron chi connectivity index (χ3n) is 5.14. The first-order valence-corrected chi connectivity index (χ1v) is 9.69. The number of nitrogens with zero attached hydrogens (tertiary/aromatic N) is 3. The van der Waals surface area contributed by atoms with Gasteiger partial charge in [0.25, 0.3) is 5.91 Å². The van der Waals surface area contributed by atoms with Crippen LogP contribution in [0.5, 0.6) is 0 Å². The fourth-order valence-corrected chi connectivity index (χ4v) is 3.86. The van der Waals surface area contributed by atoms with Crippen LogP contribution < -0.4 is 5.32 Å². The van der Waals surface area contributed by atoms with Gasteiger partial charge in [-0.15, -0.1) is 0 Å². The third-order valence-corrected chi connectivity index (χ3v) is 5.14. The maximum absolute atomic E-state index is 12.9. The van der Waals surface area contributed by atoms with Crippen LogP contribution in [-0.4, -0.2) is 39.2 Å². The van der Waals surface area contributed by atoms with E-state index in [2.05, 4.69) is 10.3 Å². The lowest BCUT2D eigenvalue weighted by molar-refractivity contribution is -0.114. The molecule has 3 heterocycles. The molecule has 1 saturated heterocycles. The maximum atomic E-state index is 12.9. The van der Waals surface area contributed by atoms with E-state index in [0.29, 0.717) is 5.56 Å². The summed E-state index contributed by atoms with van der Waals surface area (Å²) in [5, 5.41) is 2.82. The number of carbonyl (C=O) groups is 2. The third kappa shape index (κ3) is 3.50. The molecule has 1 aromatic carbocycles. The number of nitrogens with one attached hydrogen (secondary N) is 1. The normalized spacial score (nSPS) is 14.3. The average Bonchev–Trinajstić information content (AvgIpc) is 3.02. The first kappa shape index (κ1) is 18.2. The number of carbonyl (C=O) groups excluding carboxylic acids is 2. The van der Waals surface area contributed by atoms with Crippen molar-refractivity contribution in [2.45, 2.75) is 33.1 Å². The summed E-state index contributed by atoms with van der Waals surface area (Å²) in [4.78, 5) is 30.9. The molecule has 2 aromatic heterocycles. The van der Waals surface area contributed by atoms with Gasteiger partial charge in [0.1, 0.15) is 5.65 Å². The van der Waals surface area contributed by atoms with Crippen LogP contribution in [0.2, 0.25) is 0 Å². The van der Waals surface area contributed by atoms with Crippen LogP contribution >= 0.6 is 0 Å². The minimum absolute atomic E-state index is 0.0749. The van der Waals surface area contributed by atoms with E-state index >= 15 is 0 Å². The summed E-state index contributed by atoms with van der Waals surface area (Å²) in [6.45, 7) is 5.10. The Morgan fingerprint density at radius 3 is 2.61 bits per heavy atom. The van der Waals surface area contributed by atoms with Gasteiger partial charge < -0.3 is 10.2 Å². The Labute approximate surface area is 164 Å². The number of benzene rings is 1. The van der Waals surface area contributed by atoms with Crippen LogP contribution in [0.1, 0.15) is 42.2 Å². The monoisotopic (exact) mass is 376 g/mol. The SMILES string of the molecule is CC(=O)Nc1cccc(-c2c(C)nc3ccc(C(=O)N4CCCCC4)cn23)c1. The van der Waals surface area contributed by atoms with Crippen LogP contribution in [0.4, 0.5) is 5.69 Å². The van der Waals surface area contributed by atoms with Gasteiger partial charge in [-0.3, -0.25) is 14.0 Å². The highest BCUT2D eigenvalue weighted by Crippen LogP contribution is 2.28. The van der Waals surface area contributed by atoms with Gasteiger partial charge in [0.05, 0.1) is 17.0 Å². The van der Waals surface area contributed by atoms with Crippen LogP contribution in [0.25, 0.3) is 16.9 Å². The lowest BCUT2D eigenvalue weighted by Gasteiger charge is -2.26. The van der Waals surface area contributed by atoms with Crippen LogP contribution in [-0.2, 0) is 4.79 Å². The van der Waals surface area contributed by atoms with Crippen molar-refractivity contribution in [1.82, 2.24) is 14.3 Å². The van der Waals surface area contributed by atoms with Gasteiger partial charge in [0.2, 0.25) is 5.91 Å². The molecule has 1 aliphatic heterocycles. The zero-order chi connectivity index (χ0) is 19.7. The summed E-state index contributed by atoms with van der Waals surface area (Å²) < 4.78 is 1.97. The Morgan fingerprint density at radius 2 is 1.86 bits per heavy atom. The highest BCUT2D eigenvalue weighted by molar-refractivity contribution is 5.94. The molecule has 0 aliphatic carbocycles. The molecule has 6 heteroatoms. The van der Waals surface area contributed by atoms with Crippen LogP contribution in [0.15, 0.2) is 42.6 Å². The summed E-state index contributed by atoms with van der Waals surface area (Å²) in [7, 11) is 0. The Bertz CT molecular complexity index is 1050. The minimum atomic E-state index is -0.110. The number of piperidine rings is 1. The van der Waals surface area contributed by atoms with Crippen molar-refractivity contribution in [1.29, 1.82) is 0 Å². The van der Waals surface area contributed by atoms with Crippen molar-refractivity contribution in [3.05, 3.63) is 53.9 Å². The summed E-state index contributed by atoms with van der Waals surface area (Å²) >= 11 is 0. The Morgan fingerprint density at radius 1 is 1.07 bits per heavy atom. The summed E-state index contributed by atoms with van der Waals surface area (Å²) in [6.07, 6.45) is 5.21. The molecule has 0 bridgehead atoms. The molecule has 0 unspecified atom stereocenters. The quantitative estimate of drug-likeness (QED) is 0.754. The number of amides is 2. The van der Waals surface area contributed by atoms with Crippen molar-refractivity contribution in [3.63, 3.8) is 0 Å². The van der Waals surface area contributed by atoms with Gasteiger partial charge in [0, 0.05) is 37.5 Å². The highest BCUT2D eigenvalue weighted by atomic mass is 16.2. The number of hydrogen-bond acceptors (Lipinski definition) is 3. The van der Waals surface area contributed by atoms with E-state index in [1.165, 1.54) is 13.3 Å². The molecular formula is C22H24N4O2. The maximum Gasteiger partial charge on any atom is 0.255 e. The van der Waals surface area contributed by atoms with Crippen LogP contribution in [0, 0.1) is 6.92 Å².